The maximum atomic E-state index is 5.35. The Morgan fingerprint density at radius 2 is 2.26 bits per heavy atom. The van der Waals surface area contributed by atoms with Crippen LogP contribution in [0.1, 0.15) is 48.9 Å². The molecule has 0 amide bonds. The summed E-state index contributed by atoms with van der Waals surface area (Å²) >= 11 is 0. The molecule has 0 radical (unpaired) electrons. The SMILES string of the molecule is Cn1cc(CN[C@H]2CCCN(Cc3noc(C4CC4)n3)C2)cn1. The second-order valence-electron chi connectivity index (χ2n) is 6.80. The number of piperidine rings is 1. The second kappa shape index (κ2) is 6.41. The molecule has 0 unspecified atom stereocenters. The first kappa shape index (κ1) is 14.8. The van der Waals surface area contributed by atoms with Gasteiger partial charge in [-0.25, -0.2) is 0 Å². The van der Waals surface area contributed by atoms with Crippen LogP contribution in [0.4, 0.5) is 0 Å². The molecule has 2 aliphatic rings. The van der Waals surface area contributed by atoms with Crippen LogP contribution < -0.4 is 5.32 Å². The molecule has 7 nitrogen and oxygen atoms in total. The predicted molar refractivity (Wildman–Crippen MR) is 84.6 cm³/mol. The molecule has 1 N–H and O–H groups in total. The smallest absolute Gasteiger partial charge is 0.229 e. The van der Waals surface area contributed by atoms with Crippen molar-refractivity contribution in [2.75, 3.05) is 13.1 Å². The van der Waals surface area contributed by atoms with E-state index in [1.54, 1.807) is 0 Å². The predicted octanol–water partition coefficient (Wildman–Crippen LogP) is 1.43. The molecule has 3 heterocycles. The lowest BCUT2D eigenvalue weighted by atomic mass is 10.1. The van der Waals surface area contributed by atoms with Crippen LogP contribution >= 0.6 is 0 Å². The Balaban J connectivity index is 1.27. The Morgan fingerprint density at radius 3 is 3.04 bits per heavy atom. The summed E-state index contributed by atoms with van der Waals surface area (Å²) in [6.45, 7) is 3.81. The molecule has 1 aliphatic heterocycles. The highest BCUT2D eigenvalue weighted by Crippen LogP contribution is 2.38. The maximum absolute atomic E-state index is 5.35. The molecule has 0 spiro atoms. The summed E-state index contributed by atoms with van der Waals surface area (Å²) in [6, 6.07) is 0.513. The van der Waals surface area contributed by atoms with Crippen molar-refractivity contribution in [1.82, 2.24) is 30.1 Å². The van der Waals surface area contributed by atoms with Crippen molar-refractivity contribution in [1.29, 1.82) is 0 Å². The van der Waals surface area contributed by atoms with Gasteiger partial charge in [0.25, 0.3) is 0 Å². The van der Waals surface area contributed by atoms with Crippen molar-refractivity contribution in [3.63, 3.8) is 0 Å². The molecule has 2 aromatic heterocycles. The largest absolute Gasteiger partial charge is 0.339 e. The number of rotatable bonds is 6. The van der Waals surface area contributed by atoms with Crippen LogP contribution in [-0.4, -0.2) is 44.0 Å². The fourth-order valence-electron chi connectivity index (χ4n) is 3.22. The zero-order valence-electron chi connectivity index (χ0n) is 13.6. The molecule has 2 aromatic rings. The average molecular weight is 316 g/mol. The minimum absolute atomic E-state index is 0.513. The van der Waals surface area contributed by atoms with E-state index in [4.69, 9.17) is 4.52 Å². The normalized spacial score (nSPS) is 22.6. The van der Waals surface area contributed by atoms with E-state index < -0.39 is 0 Å². The summed E-state index contributed by atoms with van der Waals surface area (Å²) in [6.07, 6.45) is 8.81. The topological polar surface area (TPSA) is 72.0 Å². The second-order valence-corrected chi connectivity index (χ2v) is 6.80. The molecule has 0 bridgehead atoms. The van der Waals surface area contributed by atoms with Crippen molar-refractivity contribution in [2.45, 2.75) is 50.7 Å². The maximum Gasteiger partial charge on any atom is 0.229 e. The van der Waals surface area contributed by atoms with Gasteiger partial charge in [0.05, 0.1) is 12.7 Å². The first-order valence-corrected chi connectivity index (χ1v) is 8.52. The number of hydrogen-bond donors (Lipinski definition) is 1. The third kappa shape index (κ3) is 3.79. The van der Waals surface area contributed by atoms with Crippen LogP contribution in [0.25, 0.3) is 0 Å². The van der Waals surface area contributed by atoms with Gasteiger partial charge in [0.1, 0.15) is 0 Å². The molecule has 1 aliphatic carbocycles. The lowest BCUT2D eigenvalue weighted by Gasteiger charge is -2.32. The lowest BCUT2D eigenvalue weighted by Crippen LogP contribution is -2.45. The van der Waals surface area contributed by atoms with E-state index in [-0.39, 0.29) is 0 Å². The quantitative estimate of drug-likeness (QED) is 0.869. The van der Waals surface area contributed by atoms with Gasteiger partial charge < -0.3 is 9.84 Å². The standard InChI is InChI=1S/C16H24N6O/c1-21-9-12(8-18-21)7-17-14-3-2-6-22(10-14)11-15-19-16(23-20-15)13-4-5-13/h8-9,13-14,17H,2-7,10-11H2,1H3/t14-/m0/s1. The summed E-state index contributed by atoms with van der Waals surface area (Å²) in [7, 11) is 1.95. The fraction of sp³-hybridized carbons (Fsp3) is 0.688. The highest BCUT2D eigenvalue weighted by Gasteiger charge is 2.30. The third-order valence-electron chi connectivity index (χ3n) is 4.63. The van der Waals surface area contributed by atoms with Gasteiger partial charge in [-0.2, -0.15) is 10.1 Å². The highest BCUT2D eigenvalue weighted by molar-refractivity contribution is 5.04. The Labute approximate surface area is 136 Å². The summed E-state index contributed by atoms with van der Waals surface area (Å²) in [5.74, 6) is 2.20. The van der Waals surface area contributed by atoms with E-state index in [0.29, 0.717) is 12.0 Å². The fourth-order valence-corrected chi connectivity index (χ4v) is 3.22. The van der Waals surface area contributed by atoms with E-state index in [2.05, 4.69) is 31.7 Å². The Bertz CT molecular complexity index is 647. The molecule has 0 aromatic carbocycles. The average Bonchev–Trinajstić information content (AvgIpc) is 3.16. The Hall–Kier alpha value is -1.73. The lowest BCUT2D eigenvalue weighted by molar-refractivity contribution is 0.177. The molecular formula is C16H24N6O. The number of hydrogen-bond acceptors (Lipinski definition) is 6. The van der Waals surface area contributed by atoms with Crippen LogP contribution in [0.15, 0.2) is 16.9 Å². The monoisotopic (exact) mass is 316 g/mol. The first-order valence-electron chi connectivity index (χ1n) is 8.52. The molecule has 4 rings (SSSR count). The van der Waals surface area contributed by atoms with Crippen LogP contribution in [0.5, 0.6) is 0 Å². The van der Waals surface area contributed by atoms with Gasteiger partial charge in [0, 0.05) is 43.9 Å². The summed E-state index contributed by atoms with van der Waals surface area (Å²) in [4.78, 5) is 6.96. The minimum Gasteiger partial charge on any atom is -0.339 e. The first-order chi connectivity index (χ1) is 11.3. The van der Waals surface area contributed by atoms with E-state index in [1.165, 1.54) is 31.2 Å². The summed E-state index contributed by atoms with van der Waals surface area (Å²) in [5, 5.41) is 12.0. The molecule has 1 saturated carbocycles. The number of aryl methyl sites for hydroxylation is 1. The van der Waals surface area contributed by atoms with Gasteiger partial charge in [-0.3, -0.25) is 9.58 Å². The van der Waals surface area contributed by atoms with E-state index in [9.17, 15) is 0 Å². The van der Waals surface area contributed by atoms with Crippen LogP contribution in [0.2, 0.25) is 0 Å². The highest BCUT2D eigenvalue weighted by atomic mass is 16.5. The van der Waals surface area contributed by atoms with E-state index in [1.807, 2.05) is 17.9 Å². The van der Waals surface area contributed by atoms with Crippen molar-refractivity contribution < 1.29 is 4.52 Å². The van der Waals surface area contributed by atoms with Crippen molar-refractivity contribution in [3.05, 3.63) is 29.7 Å². The van der Waals surface area contributed by atoms with Gasteiger partial charge in [0.2, 0.25) is 5.89 Å². The van der Waals surface area contributed by atoms with Gasteiger partial charge in [0.15, 0.2) is 5.82 Å². The number of nitrogens with zero attached hydrogens (tertiary/aromatic N) is 5. The Kier molecular flexibility index (Phi) is 4.13. The third-order valence-corrected chi connectivity index (χ3v) is 4.63. The van der Waals surface area contributed by atoms with Crippen molar-refractivity contribution in [3.8, 4) is 0 Å². The summed E-state index contributed by atoms with van der Waals surface area (Å²) in [5.41, 5.74) is 1.23. The van der Waals surface area contributed by atoms with Gasteiger partial charge in [-0.1, -0.05) is 5.16 Å². The Morgan fingerprint density at radius 1 is 1.35 bits per heavy atom. The number of nitrogens with one attached hydrogen (secondary N) is 1. The van der Waals surface area contributed by atoms with Gasteiger partial charge in [-0.15, -0.1) is 0 Å². The number of likely N-dealkylation sites (tertiary alicyclic amines) is 1. The van der Waals surface area contributed by atoms with Crippen LogP contribution in [0, 0.1) is 0 Å². The zero-order chi connectivity index (χ0) is 15.6. The zero-order valence-corrected chi connectivity index (χ0v) is 13.6. The van der Waals surface area contributed by atoms with Crippen LogP contribution in [0.3, 0.4) is 0 Å². The molecule has 124 valence electrons. The van der Waals surface area contributed by atoms with E-state index >= 15 is 0 Å². The van der Waals surface area contributed by atoms with Crippen molar-refractivity contribution in [2.24, 2.45) is 7.05 Å². The molecule has 23 heavy (non-hydrogen) atoms. The number of aromatic nitrogens is 4. The molecule has 1 saturated heterocycles. The van der Waals surface area contributed by atoms with Gasteiger partial charge in [-0.05, 0) is 32.2 Å². The van der Waals surface area contributed by atoms with Gasteiger partial charge >= 0.3 is 0 Å². The summed E-state index contributed by atoms with van der Waals surface area (Å²) < 4.78 is 7.20. The minimum atomic E-state index is 0.513. The van der Waals surface area contributed by atoms with E-state index in [0.717, 1.165) is 37.9 Å². The van der Waals surface area contributed by atoms with Crippen molar-refractivity contribution >= 4 is 0 Å². The molecule has 2 fully saturated rings. The van der Waals surface area contributed by atoms with Crippen LogP contribution in [-0.2, 0) is 20.1 Å². The molecule has 1 atom stereocenters. The molecular weight excluding hydrogens is 292 g/mol. The molecule has 7 heteroatoms.